The predicted molar refractivity (Wildman–Crippen MR) is 94.5 cm³/mol. The van der Waals surface area contributed by atoms with E-state index in [4.69, 9.17) is 0 Å². The third-order valence-electron chi connectivity index (χ3n) is 4.03. The molecular weight excluding hydrogens is 413 g/mol. The molecule has 0 aliphatic heterocycles. The van der Waals surface area contributed by atoms with Crippen LogP contribution >= 0.6 is 38.5 Å². The predicted octanol–water partition coefficient (Wildman–Crippen LogP) is 5.67. The maximum Gasteiger partial charge on any atom is 0.0360 e. The van der Waals surface area contributed by atoms with Crippen molar-refractivity contribution in [1.82, 2.24) is 5.32 Å². The largest absolute Gasteiger partial charge is 0.310 e. The number of halogens is 2. The highest BCUT2D eigenvalue weighted by molar-refractivity contribution is 14.1. The summed E-state index contributed by atoms with van der Waals surface area (Å²) in [6, 6.07) is 7.23. The number of benzene rings is 1. The quantitative estimate of drug-likeness (QED) is 0.587. The molecule has 1 aliphatic rings. The van der Waals surface area contributed by atoms with E-state index in [-0.39, 0.29) is 0 Å². The Morgan fingerprint density at radius 1 is 1.32 bits per heavy atom. The minimum Gasteiger partial charge on any atom is -0.310 e. The molecule has 2 rings (SSSR count). The van der Waals surface area contributed by atoms with Gasteiger partial charge in [0, 0.05) is 14.1 Å². The third-order valence-corrected chi connectivity index (χ3v) is 5.42. The zero-order chi connectivity index (χ0) is 13.7. The first kappa shape index (κ1) is 15.8. The van der Waals surface area contributed by atoms with E-state index in [1.165, 1.54) is 52.1 Å². The van der Waals surface area contributed by atoms with Gasteiger partial charge in [-0.15, -0.1) is 0 Å². The van der Waals surface area contributed by atoms with Crippen molar-refractivity contribution in [3.05, 3.63) is 31.8 Å². The molecule has 0 heterocycles. The van der Waals surface area contributed by atoms with Crippen molar-refractivity contribution in [2.24, 2.45) is 5.92 Å². The van der Waals surface area contributed by atoms with Crippen molar-refractivity contribution in [3.8, 4) is 0 Å². The first-order valence-electron chi connectivity index (χ1n) is 7.40. The van der Waals surface area contributed by atoms with Gasteiger partial charge in [-0.3, -0.25) is 0 Å². The second-order valence-electron chi connectivity index (χ2n) is 5.50. The summed E-state index contributed by atoms with van der Waals surface area (Å²) >= 11 is 6.16. The summed E-state index contributed by atoms with van der Waals surface area (Å²) < 4.78 is 2.59. The van der Waals surface area contributed by atoms with Crippen molar-refractivity contribution >= 4 is 38.5 Å². The Labute approximate surface area is 139 Å². The normalized spacial score (nSPS) is 18.5. The fourth-order valence-electron chi connectivity index (χ4n) is 3.05. The Morgan fingerprint density at radius 2 is 2.05 bits per heavy atom. The van der Waals surface area contributed by atoms with Crippen LogP contribution < -0.4 is 5.32 Å². The Kier molecular flexibility index (Phi) is 6.63. The molecule has 106 valence electrons. The van der Waals surface area contributed by atoms with E-state index in [1.54, 1.807) is 0 Å². The molecule has 0 amide bonds. The Morgan fingerprint density at radius 3 is 2.74 bits per heavy atom. The van der Waals surface area contributed by atoms with Gasteiger partial charge in [0.25, 0.3) is 0 Å². The molecule has 1 nitrogen and oxygen atoms in total. The first-order chi connectivity index (χ1) is 9.22. The molecule has 0 aromatic heterocycles. The van der Waals surface area contributed by atoms with E-state index in [1.807, 2.05) is 0 Å². The van der Waals surface area contributed by atoms with Gasteiger partial charge in [0.05, 0.1) is 0 Å². The van der Waals surface area contributed by atoms with Crippen molar-refractivity contribution in [3.63, 3.8) is 0 Å². The highest BCUT2D eigenvalue weighted by atomic mass is 127. The standard InChI is InChI=1S/C16H23BrIN/c1-2-10-19-16(12-6-4-3-5-7-12)14-11-13(18)8-9-15(14)17/h8-9,11-12,16,19H,2-7,10H2,1H3. The summed E-state index contributed by atoms with van der Waals surface area (Å²) in [5.41, 5.74) is 1.45. The number of rotatable bonds is 5. The van der Waals surface area contributed by atoms with Crippen molar-refractivity contribution in [2.75, 3.05) is 6.54 Å². The Balaban J connectivity index is 2.22. The smallest absolute Gasteiger partial charge is 0.0360 e. The van der Waals surface area contributed by atoms with E-state index in [2.05, 4.69) is 69.0 Å². The van der Waals surface area contributed by atoms with E-state index in [0.717, 1.165) is 12.5 Å². The summed E-state index contributed by atoms with van der Waals surface area (Å²) in [5.74, 6) is 0.801. The lowest BCUT2D eigenvalue weighted by atomic mass is 9.81. The zero-order valence-corrected chi connectivity index (χ0v) is 15.3. The van der Waals surface area contributed by atoms with Crippen LogP contribution in [-0.2, 0) is 0 Å². The van der Waals surface area contributed by atoms with Crippen molar-refractivity contribution in [1.29, 1.82) is 0 Å². The van der Waals surface area contributed by atoms with Gasteiger partial charge in [-0.1, -0.05) is 42.1 Å². The minimum atomic E-state index is 0.518. The molecule has 1 unspecified atom stereocenters. The second-order valence-corrected chi connectivity index (χ2v) is 7.60. The molecular formula is C16H23BrIN. The topological polar surface area (TPSA) is 12.0 Å². The van der Waals surface area contributed by atoms with Crippen molar-refractivity contribution in [2.45, 2.75) is 51.5 Å². The number of hydrogen-bond acceptors (Lipinski definition) is 1. The number of hydrogen-bond donors (Lipinski definition) is 1. The molecule has 1 aromatic rings. The third kappa shape index (κ3) is 4.43. The van der Waals surface area contributed by atoms with Crippen LogP contribution in [0.1, 0.15) is 57.1 Å². The van der Waals surface area contributed by atoms with Crippen LogP contribution in [0.25, 0.3) is 0 Å². The van der Waals surface area contributed by atoms with Crippen LogP contribution in [-0.4, -0.2) is 6.54 Å². The molecule has 1 aromatic carbocycles. The van der Waals surface area contributed by atoms with Gasteiger partial charge in [-0.25, -0.2) is 0 Å². The van der Waals surface area contributed by atoms with Crippen LogP contribution in [0.3, 0.4) is 0 Å². The Bertz CT molecular complexity index is 402. The minimum absolute atomic E-state index is 0.518. The molecule has 1 N–H and O–H groups in total. The zero-order valence-electron chi connectivity index (χ0n) is 11.6. The molecule has 3 heteroatoms. The van der Waals surface area contributed by atoms with E-state index in [0.29, 0.717) is 6.04 Å². The molecule has 1 fully saturated rings. The van der Waals surface area contributed by atoms with Crippen LogP contribution in [0.5, 0.6) is 0 Å². The fourth-order valence-corrected chi connectivity index (χ4v) is 4.06. The number of nitrogens with one attached hydrogen (secondary N) is 1. The fraction of sp³-hybridized carbons (Fsp3) is 0.625. The van der Waals surface area contributed by atoms with Gasteiger partial charge in [0.1, 0.15) is 0 Å². The highest BCUT2D eigenvalue weighted by Crippen LogP contribution is 2.37. The maximum absolute atomic E-state index is 3.79. The molecule has 0 bridgehead atoms. The summed E-state index contributed by atoms with van der Waals surface area (Å²) in [7, 11) is 0. The lowest BCUT2D eigenvalue weighted by molar-refractivity contribution is 0.271. The summed E-state index contributed by atoms with van der Waals surface area (Å²) in [4.78, 5) is 0. The summed E-state index contributed by atoms with van der Waals surface area (Å²) in [5, 5.41) is 3.79. The summed E-state index contributed by atoms with van der Waals surface area (Å²) in [6.07, 6.45) is 8.17. The first-order valence-corrected chi connectivity index (χ1v) is 9.28. The molecule has 0 saturated heterocycles. The second kappa shape index (κ2) is 7.99. The SMILES string of the molecule is CCCNC(c1cc(I)ccc1Br)C1CCCCC1. The average molecular weight is 436 g/mol. The van der Waals surface area contributed by atoms with Crippen LogP contribution in [0.2, 0.25) is 0 Å². The Hall–Kier alpha value is 0.390. The van der Waals surface area contributed by atoms with E-state index < -0.39 is 0 Å². The lowest BCUT2D eigenvalue weighted by Gasteiger charge is -2.32. The lowest BCUT2D eigenvalue weighted by Crippen LogP contribution is -2.30. The van der Waals surface area contributed by atoms with E-state index in [9.17, 15) is 0 Å². The van der Waals surface area contributed by atoms with Crippen LogP contribution in [0, 0.1) is 9.49 Å². The highest BCUT2D eigenvalue weighted by Gasteiger charge is 2.26. The maximum atomic E-state index is 3.79. The molecule has 0 radical (unpaired) electrons. The molecule has 0 spiro atoms. The van der Waals surface area contributed by atoms with Gasteiger partial charge in [-0.05, 0) is 78.1 Å². The van der Waals surface area contributed by atoms with Gasteiger partial charge in [-0.2, -0.15) is 0 Å². The average Bonchev–Trinajstić information content (AvgIpc) is 2.44. The van der Waals surface area contributed by atoms with Gasteiger partial charge >= 0.3 is 0 Å². The molecule has 1 atom stereocenters. The van der Waals surface area contributed by atoms with Crippen LogP contribution in [0.15, 0.2) is 22.7 Å². The van der Waals surface area contributed by atoms with Gasteiger partial charge in [0.2, 0.25) is 0 Å². The van der Waals surface area contributed by atoms with E-state index >= 15 is 0 Å². The van der Waals surface area contributed by atoms with Crippen molar-refractivity contribution < 1.29 is 0 Å². The molecule has 1 aliphatic carbocycles. The van der Waals surface area contributed by atoms with Gasteiger partial charge < -0.3 is 5.32 Å². The summed E-state index contributed by atoms with van der Waals surface area (Å²) in [6.45, 7) is 3.35. The van der Waals surface area contributed by atoms with Crippen LogP contribution in [0.4, 0.5) is 0 Å². The molecule has 19 heavy (non-hydrogen) atoms. The molecule has 1 saturated carbocycles. The monoisotopic (exact) mass is 435 g/mol. The van der Waals surface area contributed by atoms with Gasteiger partial charge in [0.15, 0.2) is 0 Å².